The highest BCUT2D eigenvalue weighted by Gasteiger charge is 2.04. The Kier molecular flexibility index (Phi) is 3.50. The maximum absolute atomic E-state index is 4.27. The number of aromatic nitrogens is 4. The SMILES string of the molecule is Cc1nccn1-c1ccc(-c2ccc(-n3ccnc3C)cc2)cc1. The zero-order valence-electron chi connectivity index (χ0n) is 13.7. The molecule has 2 aromatic carbocycles. The summed E-state index contributed by atoms with van der Waals surface area (Å²) in [7, 11) is 0. The molecule has 118 valence electrons. The van der Waals surface area contributed by atoms with Crippen LogP contribution in [0, 0.1) is 13.8 Å². The Morgan fingerprint density at radius 2 is 0.958 bits per heavy atom. The number of aryl methyl sites for hydroxylation is 2. The minimum atomic E-state index is 0.989. The zero-order valence-corrected chi connectivity index (χ0v) is 13.7. The largest absolute Gasteiger partial charge is 0.304 e. The number of hydrogen-bond acceptors (Lipinski definition) is 2. The van der Waals surface area contributed by atoms with Gasteiger partial charge >= 0.3 is 0 Å². The van der Waals surface area contributed by atoms with Crippen LogP contribution in [0.2, 0.25) is 0 Å². The second-order valence-corrected chi connectivity index (χ2v) is 5.78. The smallest absolute Gasteiger partial charge is 0.110 e. The molecule has 0 unspecified atom stereocenters. The molecule has 4 heteroatoms. The van der Waals surface area contributed by atoms with Crippen LogP contribution in [-0.4, -0.2) is 19.1 Å². The first-order valence-corrected chi connectivity index (χ1v) is 7.93. The Bertz CT molecular complexity index is 878. The van der Waals surface area contributed by atoms with Gasteiger partial charge in [0.2, 0.25) is 0 Å². The molecule has 0 bridgehead atoms. The lowest BCUT2D eigenvalue weighted by molar-refractivity contribution is 0.974. The van der Waals surface area contributed by atoms with Gasteiger partial charge in [-0.1, -0.05) is 24.3 Å². The van der Waals surface area contributed by atoms with E-state index in [1.165, 1.54) is 11.1 Å². The lowest BCUT2D eigenvalue weighted by Gasteiger charge is -2.09. The van der Waals surface area contributed by atoms with Gasteiger partial charge in [-0.15, -0.1) is 0 Å². The molecule has 0 fully saturated rings. The lowest BCUT2D eigenvalue weighted by Crippen LogP contribution is -1.96. The summed E-state index contributed by atoms with van der Waals surface area (Å²) in [6.07, 6.45) is 7.60. The molecular formula is C20H18N4. The van der Waals surface area contributed by atoms with E-state index in [2.05, 4.69) is 67.6 Å². The van der Waals surface area contributed by atoms with Crippen molar-refractivity contribution in [3.8, 4) is 22.5 Å². The van der Waals surface area contributed by atoms with Crippen LogP contribution in [0.4, 0.5) is 0 Å². The molecule has 4 nitrogen and oxygen atoms in total. The van der Waals surface area contributed by atoms with E-state index >= 15 is 0 Å². The highest BCUT2D eigenvalue weighted by molar-refractivity contribution is 5.66. The molecule has 4 aromatic rings. The first kappa shape index (κ1) is 14.5. The molecule has 0 aliphatic carbocycles. The summed E-state index contributed by atoms with van der Waals surface area (Å²) < 4.78 is 4.16. The van der Waals surface area contributed by atoms with Crippen molar-refractivity contribution in [2.45, 2.75) is 13.8 Å². The molecular weight excluding hydrogens is 296 g/mol. The molecule has 0 saturated carbocycles. The summed E-state index contributed by atoms with van der Waals surface area (Å²) >= 11 is 0. The Labute approximate surface area is 141 Å². The topological polar surface area (TPSA) is 35.6 Å². The number of benzene rings is 2. The first-order valence-electron chi connectivity index (χ1n) is 7.93. The zero-order chi connectivity index (χ0) is 16.5. The number of hydrogen-bond donors (Lipinski definition) is 0. The minimum absolute atomic E-state index is 0.989. The molecule has 0 spiro atoms. The second-order valence-electron chi connectivity index (χ2n) is 5.78. The molecule has 0 saturated heterocycles. The van der Waals surface area contributed by atoms with E-state index in [1.54, 1.807) is 0 Å². The van der Waals surface area contributed by atoms with Crippen molar-refractivity contribution in [2.75, 3.05) is 0 Å². The fraction of sp³-hybridized carbons (Fsp3) is 0.100. The maximum Gasteiger partial charge on any atom is 0.110 e. The summed E-state index contributed by atoms with van der Waals surface area (Å²) in [6.45, 7) is 4.01. The molecule has 4 rings (SSSR count). The van der Waals surface area contributed by atoms with Crippen LogP contribution < -0.4 is 0 Å². The van der Waals surface area contributed by atoms with E-state index in [4.69, 9.17) is 0 Å². The van der Waals surface area contributed by atoms with Crippen molar-refractivity contribution in [1.29, 1.82) is 0 Å². The van der Waals surface area contributed by atoms with Gasteiger partial charge in [0.1, 0.15) is 11.6 Å². The van der Waals surface area contributed by atoms with Gasteiger partial charge in [0.25, 0.3) is 0 Å². The van der Waals surface area contributed by atoms with E-state index in [0.29, 0.717) is 0 Å². The fourth-order valence-corrected chi connectivity index (χ4v) is 2.93. The van der Waals surface area contributed by atoms with E-state index in [1.807, 2.05) is 38.6 Å². The summed E-state index contributed by atoms with van der Waals surface area (Å²) in [5.41, 5.74) is 4.65. The van der Waals surface area contributed by atoms with Gasteiger partial charge in [-0.3, -0.25) is 0 Å². The van der Waals surface area contributed by atoms with Gasteiger partial charge < -0.3 is 9.13 Å². The van der Waals surface area contributed by atoms with Crippen molar-refractivity contribution in [3.63, 3.8) is 0 Å². The van der Waals surface area contributed by atoms with Crippen LogP contribution in [0.5, 0.6) is 0 Å². The van der Waals surface area contributed by atoms with Crippen molar-refractivity contribution in [1.82, 2.24) is 19.1 Å². The van der Waals surface area contributed by atoms with E-state index < -0.39 is 0 Å². The molecule has 0 aliphatic rings. The Morgan fingerprint density at radius 1 is 0.583 bits per heavy atom. The van der Waals surface area contributed by atoms with E-state index in [-0.39, 0.29) is 0 Å². The Balaban J connectivity index is 1.62. The lowest BCUT2D eigenvalue weighted by atomic mass is 10.0. The minimum Gasteiger partial charge on any atom is -0.304 e. The summed E-state index contributed by atoms with van der Waals surface area (Å²) in [4.78, 5) is 8.54. The van der Waals surface area contributed by atoms with Crippen molar-refractivity contribution in [2.24, 2.45) is 0 Å². The van der Waals surface area contributed by atoms with Crippen LogP contribution >= 0.6 is 0 Å². The standard InChI is InChI=1S/C20H18N4/c1-15-21-11-13-23(15)19-7-3-17(4-8-19)18-5-9-20(10-6-18)24-14-12-22-16(24)2/h3-14H,1-2H3. The van der Waals surface area contributed by atoms with Gasteiger partial charge in [0, 0.05) is 36.2 Å². The van der Waals surface area contributed by atoms with Crippen LogP contribution in [-0.2, 0) is 0 Å². The third-order valence-corrected chi connectivity index (χ3v) is 4.28. The average Bonchev–Trinajstić information content (AvgIpc) is 3.23. The Morgan fingerprint density at radius 3 is 1.25 bits per heavy atom. The summed E-state index contributed by atoms with van der Waals surface area (Å²) in [6, 6.07) is 17.1. The summed E-state index contributed by atoms with van der Waals surface area (Å²) in [5.74, 6) is 1.98. The molecule has 24 heavy (non-hydrogen) atoms. The average molecular weight is 314 g/mol. The molecule has 0 aliphatic heterocycles. The van der Waals surface area contributed by atoms with Gasteiger partial charge in [-0.25, -0.2) is 9.97 Å². The van der Waals surface area contributed by atoms with Crippen LogP contribution in [0.15, 0.2) is 73.3 Å². The normalized spacial score (nSPS) is 10.9. The van der Waals surface area contributed by atoms with Crippen molar-refractivity contribution in [3.05, 3.63) is 85.0 Å². The molecule has 0 atom stereocenters. The molecule has 0 N–H and O–H groups in total. The first-order chi connectivity index (χ1) is 11.7. The quantitative estimate of drug-likeness (QED) is 0.564. The van der Waals surface area contributed by atoms with E-state index in [0.717, 1.165) is 23.0 Å². The summed E-state index contributed by atoms with van der Waals surface area (Å²) in [5, 5.41) is 0. The van der Waals surface area contributed by atoms with Crippen molar-refractivity contribution >= 4 is 0 Å². The van der Waals surface area contributed by atoms with Gasteiger partial charge in [0.15, 0.2) is 0 Å². The molecule has 2 heterocycles. The van der Waals surface area contributed by atoms with Crippen LogP contribution in [0.1, 0.15) is 11.6 Å². The fourth-order valence-electron chi connectivity index (χ4n) is 2.93. The monoisotopic (exact) mass is 314 g/mol. The van der Waals surface area contributed by atoms with Gasteiger partial charge in [-0.05, 0) is 49.2 Å². The third kappa shape index (κ3) is 2.52. The third-order valence-electron chi connectivity index (χ3n) is 4.28. The number of imidazole rings is 2. The van der Waals surface area contributed by atoms with Crippen molar-refractivity contribution < 1.29 is 0 Å². The predicted molar refractivity (Wildman–Crippen MR) is 95.6 cm³/mol. The molecule has 0 radical (unpaired) electrons. The second kappa shape index (κ2) is 5.81. The highest BCUT2D eigenvalue weighted by Crippen LogP contribution is 2.23. The number of rotatable bonds is 3. The Hall–Kier alpha value is -3.14. The van der Waals surface area contributed by atoms with Crippen LogP contribution in [0.3, 0.4) is 0 Å². The van der Waals surface area contributed by atoms with Gasteiger partial charge in [-0.2, -0.15) is 0 Å². The highest BCUT2D eigenvalue weighted by atomic mass is 15.1. The maximum atomic E-state index is 4.27. The van der Waals surface area contributed by atoms with Gasteiger partial charge in [0.05, 0.1) is 0 Å². The predicted octanol–water partition coefficient (Wildman–Crippen LogP) is 4.34. The molecule has 0 amide bonds. The number of nitrogens with zero attached hydrogens (tertiary/aromatic N) is 4. The van der Waals surface area contributed by atoms with E-state index in [9.17, 15) is 0 Å². The molecule has 2 aromatic heterocycles. The van der Waals surface area contributed by atoms with Crippen LogP contribution in [0.25, 0.3) is 22.5 Å².